The van der Waals surface area contributed by atoms with Gasteiger partial charge in [-0.3, -0.25) is 14.4 Å². The van der Waals surface area contributed by atoms with Crippen molar-refractivity contribution in [2.24, 2.45) is 0 Å². The first kappa shape index (κ1) is 56.1. The highest BCUT2D eigenvalue weighted by atomic mass is 32.2. The number of ether oxygens (including phenoxy) is 6. The van der Waals surface area contributed by atoms with Gasteiger partial charge in [-0.25, -0.2) is 27.9 Å². The second-order valence-corrected chi connectivity index (χ2v) is 18.5. The molecule has 2 amide bonds. The summed E-state index contributed by atoms with van der Waals surface area (Å²) in [6.07, 6.45) is 17.1. The number of carboxylic acids is 1. The molecular weight excluding hydrogens is 887 g/mol. The Kier molecular flexibility index (Phi) is 27.2. The molecule has 3 aromatic rings. The molecule has 0 fully saturated rings. The molecule has 0 spiro atoms. The Balaban J connectivity index is 1.20. The van der Waals surface area contributed by atoms with Crippen molar-refractivity contribution in [2.45, 2.75) is 121 Å². The molecule has 0 aliphatic carbocycles. The van der Waals surface area contributed by atoms with Crippen molar-refractivity contribution >= 4 is 39.7 Å². The van der Waals surface area contributed by atoms with Crippen molar-refractivity contribution in [3.05, 3.63) is 77.6 Å². The van der Waals surface area contributed by atoms with E-state index in [2.05, 4.69) is 37.5 Å². The number of amides is 2. The topological polar surface area (TPSA) is 240 Å². The smallest absolute Gasteiger partial charge is 0.329 e. The van der Waals surface area contributed by atoms with Crippen molar-refractivity contribution in [1.82, 2.24) is 20.6 Å². The van der Waals surface area contributed by atoms with Crippen molar-refractivity contribution in [1.29, 1.82) is 0 Å². The van der Waals surface area contributed by atoms with Gasteiger partial charge in [-0.2, -0.15) is 0 Å². The third kappa shape index (κ3) is 27.3. The maximum absolute atomic E-state index is 13.0. The third-order valence-corrected chi connectivity index (χ3v) is 11.1. The Hall–Kier alpha value is -5.21. The zero-order valence-corrected chi connectivity index (χ0v) is 40.2. The highest BCUT2D eigenvalue weighted by molar-refractivity contribution is 7.92. The van der Waals surface area contributed by atoms with E-state index in [0.717, 1.165) is 37.0 Å². The van der Waals surface area contributed by atoms with Crippen LogP contribution in [-0.2, 0) is 61.1 Å². The van der Waals surface area contributed by atoms with E-state index in [1.165, 1.54) is 81.5 Å². The number of esters is 1. The summed E-state index contributed by atoms with van der Waals surface area (Å²) in [5.41, 5.74) is 1.79. The molecule has 4 N–H and O–H groups in total. The predicted molar refractivity (Wildman–Crippen MR) is 251 cm³/mol. The largest absolute Gasteiger partial charge is 0.489 e. The number of aryl methyl sites for hydroxylation is 1. The predicted octanol–water partition coefficient (Wildman–Crippen LogP) is 6.42. The maximum atomic E-state index is 13.0. The zero-order chi connectivity index (χ0) is 48.6. The quantitative estimate of drug-likeness (QED) is 0.0360. The van der Waals surface area contributed by atoms with E-state index in [9.17, 15) is 27.6 Å². The van der Waals surface area contributed by atoms with Crippen LogP contribution in [0.4, 0.5) is 5.95 Å². The molecule has 0 unspecified atom stereocenters. The number of anilines is 1. The molecule has 0 radical (unpaired) electrons. The van der Waals surface area contributed by atoms with Crippen LogP contribution in [0, 0.1) is 0 Å². The van der Waals surface area contributed by atoms with Gasteiger partial charge in [0.05, 0.1) is 50.1 Å². The number of nitrogens with one attached hydrogen (secondary N) is 3. The lowest BCUT2D eigenvalue weighted by atomic mass is 10.0. The van der Waals surface area contributed by atoms with Gasteiger partial charge in [0, 0.05) is 31.9 Å². The summed E-state index contributed by atoms with van der Waals surface area (Å²) < 4.78 is 60.4. The van der Waals surface area contributed by atoms with Gasteiger partial charge >= 0.3 is 11.9 Å². The highest BCUT2D eigenvalue weighted by Gasteiger charge is 2.17. The van der Waals surface area contributed by atoms with Crippen LogP contribution in [0.3, 0.4) is 0 Å². The number of carbonyl (C=O) groups is 4. The molecule has 18 nitrogen and oxygen atoms in total. The Morgan fingerprint density at radius 3 is 1.73 bits per heavy atom. The molecule has 0 atom stereocenters. The summed E-state index contributed by atoms with van der Waals surface area (Å²) in [7, 11) is -4.00. The fraction of sp³-hybridized carbons (Fsp3) is 0.583. The van der Waals surface area contributed by atoms with E-state index in [4.69, 9.17) is 33.5 Å². The third-order valence-electron chi connectivity index (χ3n) is 9.77. The minimum atomic E-state index is -4.00. The minimum Gasteiger partial charge on any atom is -0.489 e. The average molecular weight is 958 g/mol. The Morgan fingerprint density at radius 1 is 0.627 bits per heavy atom. The van der Waals surface area contributed by atoms with E-state index in [-0.39, 0.29) is 94.2 Å². The lowest BCUT2D eigenvalue weighted by molar-refractivity contribution is -0.155. The van der Waals surface area contributed by atoms with E-state index < -0.39 is 34.1 Å². The van der Waals surface area contributed by atoms with Crippen molar-refractivity contribution in [3.8, 4) is 5.75 Å². The standard InChI is InChI=1S/C48H71N5O13S/c1-48(2,3)66-45(57)16-14-12-10-8-6-4-5-7-9-11-13-15-38-17-21-41(22-18-38)65-35-39-19-23-42(24-20-39)67(59,60)53-47-51-33-40(34-52-47)46(58)50-26-28-62-29-31-63-36-43(54)49-25-27-61-30-32-64-37-44(55)56/h17-24,33-34H,4-16,25-32,35-37H2,1-3H3,(H,49,54)(H,50,58)(H,55,56)(H,51,52,53). The molecule has 372 valence electrons. The molecule has 0 aliphatic rings. The fourth-order valence-corrected chi connectivity index (χ4v) is 7.32. The Morgan fingerprint density at radius 2 is 1.15 bits per heavy atom. The van der Waals surface area contributed by atoms with Gasteiger partial charge in [-0.05, 0) is 75.4 Å². The number of rotatable bonds is 37. The van der Waals surface area contributed by atoms with Gasteiger partial charge in [0.25, 0.3) is 15.9 Å². The number of sulfonamides is 1. The molecule has 0 bridgehead atoms. The van der Waals surface area contributed by atoms with Crippen molar-refractivity contribution in [2.75, 3.05) is 70.7 Å². The van der Waals surface area contributed by atoms with Crippen LogP contribution in [0.15, 0.2) is 65.8 Å². The summed E-state index contributed by atoms with van der Waals surface area (Å²) in [5.74, 6) is -1.42. The number of carboxylic acid groups (broad SMARTS) is 1. The first-order chi connectivity index (χ1) is 32.2. The minimum absolute atomic E-state index is 0.0148. The van der Waals surface area contributed by atoms with Crippen LogP contribution >= 0.6 is 0 Å². The number of hydrogen-bond donors (Lipinski definition) is 4. The molecule has 1 heterocycles. The first-order valence-electron chi connectivity index (χ1n) is 23.2. The van der Waals surface area contributed by atoms with Gasteiger partial charge in [0.15, 0.2) is 0 Å². The van der Waals surface area contributed by atoms with Crippen LogP contribution in [-0.4, -0.2) is 119 Å². The van der Waals surface area contributed by atoms with E-state index in [0.29, 0.717) is 6.42 Å². The monoisotopic (exact) mass is 957 g/mol. The number of carbonyl (C=O) groups excluding carboxylic acids is 3. The molecule has 0 saturated carbocycles. The Bertz CT molecular complexity index is 1980. The SMILES string of the molecule is CC(C)(C)OC(=O)CCCCCCCCCCCCCc1ccc(OCc2ccc(S(=O)(=O)Nc3ncc(C(=O)NCCOCCOCC(=O)NCCOCCOCC(=O)O)cn3)cc2)cc1. The van der Waals surface area contributed by atoms with E-state index in [1.54, 1.807) is 12.1 Å². The van der Waals surface area contributed by atoms with Gasteiger partial charge in [0.2, 0.25) is 11.9 Å². The number of nitrogens with zero attached hydrogens (tertiary/aromatic N) is 2. The summed E-state index contributed by atoms with van der Waals surface area (Å²) in [4.78, 5) is 54.4. The van der Waals surface area contributed by atoms with Crippen molar-refractivity contribution in [3.63, 3.8) is 0 Å². The number of aliphatic carboxylic acids is 1. The van der Waals surface area contributed by atoms with Crippen LogP contribution in [0.2, 0.25) is 0 Å². The normalized spacial score (nSPS) is 11.5. The van der Waals surface area contributed by atoms with Gasteiger partial charge in [-0.1, -0.05) is 82.1 Å². The molecule has 0 saturated heterocycles. The zero-order valence-electron chi connectivity index (χ0n) is 39.4. The second-order valence-electron chi connectivity index (χ2n) is 16.8. The molecule has 19 heteroatoms. The number of hydrogen-bond acceptors (Lipinski definition) is 14. The number of unbranched alkanes of at least 4 members (excludes halogenated alkanes) is 10. The summed E-state index contributed by atoms with van der Waals surface area (Å²) in [6.45, 7) is 6.97. The molecule has 1 aromatic heterocycles. The molecule has 67 heavy (non-hydrogen) atoms. The summed E-state index contributed by atoms with van der Waals surface area (Å²) >= 11 is 0. The van der Waals surface area contributed by atoms with Crippen LogP contribution in [0.1, 0.15) is 119 Å². The highest BCUT2D eigenvalue weighted by Crippen LogP contribution is 2.19. The van der Waals surface area contributed by atoms with Crippen LogP contribution in [0.5, 0.6) is 5.75 Å². The van der Waals surface area contributed by atoms with Crippen LogP contribution in [0.25, 0.3) is 0 Å². The lowest BCUT2D eigenvalue weighted by Gasteiger charge is -2.19. The van der Waals surface area contributed by atoms with Gasteiger partial charge in [-0.15, -0.1) is 0 Å². The molecule has 3 rings (SSSR count). The van der Waals surface area contributed by atoms with Crippen LogP contribution < -0.4 is 20.1 Å². The van der Waals surface area contributed by atoms with Crippen molar-refractivity contribution < 1.29 is 61.1 Å². The first-order valence-corrected chi connectivity index (χ1v) is 24.6. The van der Waals surface area contributed by atoms with Gasteiger partial charge in [0.1, 0.15) is 31.2 Å². The number of benzene rings is 2. The fourth-order valence-electron chi connectivity index (χ4n) is 6.36. The molecule has 2 aromatic carbocycles. The Labute approximate surface area is 395 Å². The summed E-state index contributed by atoms with van der Waals surface area (Å²) in [5, 5.41) is 13.7. The number of aromatic nitrogens is 2. The average Bonchev–Trinajstić information content (AvgIpc) is 3.28. The van der Waals surface area contributed by atoms with E-state index >= 15 is 0 Å². The molecular formula is C48H71N5O13S. The summed E-state index contributed by atoms with van der Waals surface area (Å²) in [6, 6.07) is 14.4. The maximum Gasteiger partial charge on any atom is 0.329 e. The lowest BCUT2D eigenvalue weighted by Crippen LogP contribution is -2.31. The second kappa shape index (κ2) is 32.5. The molecule has 0 aliphatic heterocycles. The van der Waals surface area contributed by atoms with Gasteiger partial charge < -0.3 is 44.2 Å². The van der Waals surface area contributed by atoms with E-state index in [1.807, 2.05) is 32.9 Å².